The Morgan fingerprint density at radius 2 is 1.81 bits per heavy atom. The Morgan fingerprint density at radius 3 is 2.43 bits per heavy atom. The Labute approximate surface area is 128 Å². The summed E-state index contributed by atoms with van der Waals surface area (Å²) < 4.78 is 10.6. The van der Waals surface area contributed by atoms with Gasteiger partial charge in [0, 0.05) is 33.9 Å². The molecule has 0 heterocycles. The fourth-order valence-electron chi connectivity index (χ4n) is 3.51. The fraction of sp³-hybridized carbons (Fsp3) is 0.647. The average Bonchev–Trinajstić information content (AvgIpc) is 2.54. The van der Waals surface area contributed by atoms with Crippen LogP contribution in [0.2, 0.25) is 0 Å². The highest BCUT2D eigenvalue weighted by Gasteiger charge is 2.40. The van der Waals surface area contributed by atoms with E-state index in [1.165, 1.54) is 17.5 Å². The zero-order chi connectivity index (χ0) is 15.1. The highest BCUT2D eigenvalue weighted by molar-refractivity contribution is 5.36. The quantitative estimate of drug-likeness (QED) is 0.793. The highest BCUT2D eigenvalue weighted by atomic mass is 16.5. The van der Waals surface area contributed by atoms with Gasteiger partial charge in [0.1, 0.15) is 0 Å². The van der Waals surface area contributed by atoms with Gasteiger partial charge in [0.2, 0.25) is 0 Å². The third-order valence-electron chi connectivity index (χ3n) is 4.63. The maximum Gasteiger partial charge on any atom is 0.0590 e. The molecule has 0 radical (unpaired) electrons. The topological polar surface area (TPSA) is 47.7 Å². The van der Waals surface area contributed by atoms with Crippen molar-refractivity contribution in [3.05, 3.63) is 35.4 Å². The second kappa shape index (κ2) is 7.90. The van der Waals surface area contributed by atoms with Gasteiger partial charge in [-0.25, -0.2) is 0 Å². The van der Waals surface area contributed by atoms with Gasteiger partial charge in [0.15, 0.2) is 0 Å². The van der Waals surface area contributed by atoms with E-state index in [0.717, 1.165) is 25.9 Å². The van der Waals surface area contributed by atoms with E-state index in [4.69, 9.17) is 15.2 Å². The molecule has 1 atom stereocenters. The second-order valence-electron chi connectivity index (χ2n) is 5.72. The lowest BCUT2D eigenvalue weighted by Gasteiger charge is -2.47. The summed E-state index contributed by atoms with van der Waals surface area (Å²) in [5.41, 5.74) is 9.03. The van der Waals surface area contributed by atoms with Gasteiger partial charge in [-0.2, -0.15) is 0 Å². The van der Waals surface area contributed by atoms with Crippen molar-refractivity contribution in [2.75, 3.05) is 47.1 Å². The van der Waals surface area contributed by atoms with Crippen LogP contribution in [-0.2, 0) is 21.4 Å². The van der Waals surface area contributed by atoms with Crippen LogP contribution >= 0.6 is 0 Å². The van der Waals surface area contributed by atoms with Crippen LogP contribution in [0.15, 0.2) is 24.3 Å². The van der Waals surface area contributed by atoms with Gasteiger partial charge in [0.25, 0.3) is 0 Å². The molecular formula is C17H28N2O2. The first-order valence-electron chi connectivity index (χ1n) is 7.80. The van der Waals surface area contributed by atoms with E-state index in [0.29, 0.717) is 19.8 Å². The van der Waals surface area contributed by atoms with Crippen LogP contribution in [0.1, 0.15) is 24.0 Å². The fourth-order valence-corrected chi connectivity index (χ4v) is 3.51. The number of nitrogens with zero attached hydrogens (tertiary/aromatic N) is 1. The number of benzene rings is 1. The number of rotatable bonds is 8. The Morgan fingerprint density at radius 1 is 1.14 bits per heavy atom. The summed E-state index contributed by atoms with van der Waals surface area (Å²) in [5.74, 6) is 0. The minimum Gasteiger partial charge on any atom is -0.383 e. The lowest BCUT2D eigenvalue weighted by atomic mass is 9.75. The third kappa shape index (κ3) is 3.46. The van der Waals surface area contributed by atoms with Crippen molar-refractivity contribution in [2.45, 2.75) is 24.8 Å². The summed E-state index contributed by atoms with van der Waals surface area (Å²) in [4.78, 5) is 2.46. The highest BCUT2D eigenvalue weighted by Crippen LogP contribution is 2.39. The Balaban J connectivity index is 2.33. The van der Waals surface area contributed by atoms with Crippen LogP contribution in [0, 0.1) is 0 Å². The maximum absolute atomic E-state index is 6.27. The average molecular weight is 292 g/mol. The first kappa shape index (κ1) is 16.4. The van der Waals surface area contributed by atoms with Crippen LogP contribution in [-0.4, -0.2) is 52.0 Å². The van der Waals surface area contributed by atoms with Crippen molar-refractivity contribution in [2.24, 2.45) is 5.73 Å². The molecule has 0 amide bonds. The molecule has 2 N–H and O–H groups in total. The minimum atomic E-state index is -0.0775. The molecule has 0 spiro atoms. The molecule has 2 rings (SSSR count). The monoisotopic (exact) mass is 292 g/mol. The predicted molar refractivity (Wildman–Crippen MR) is 85.4 cm³/mol. The van der Waals surface area contributed by atoms with Crippen molar-refractivity contribution in [3.8, 4) is 0 Å². The van der Waals surface area contributed by atoms with E-state index in [9.17, 15) is 0 Å². The molecule has 21 heavy (non-hydrogen) atoms. The Kier molecular flexibility index (Phi) is 6.18. The minimum absolute atomic E-state index is 0.0775. The van der Waals surface area contributed by atoms with Crippen LogP contribution in [0.25, 0.3) is 0 Å². The summed E-state index contributed by atoms with van der Waals surface area (Å²) in [5, 5.41) is 0. The first-order valence-corrected chi connectivity index (χ1v) is 7.80. The second-order valence-corrected chi connectivity index (χ2v) is 5.72. The number of hydrogen-bond acceptors (Lipinski definition) is 4. The summed E-state index contributed by atoms with van der Waals surface area (Å²) in [6.07, 6.45) is 3.44. The summed E-state index contributed by atoms with van der Waals surface area (Å²) in [7, 11) is 3.50. The molecule has 0 aliphatic heterocycles. The van der Waals surface area contributed by atoms with E-state index in [1.807, 2.05) is 0 Å². The summed E-state index contributed by atoms with van der Waals surface area (Å²) >= 11 is 0. The molecule has 1 aromatic rings. The van der Waals surface area contributed by atoms with Gasteiger partial charge in [-0.3, -0.25) is 4.90 Å². The van der Waals surface area contributed by atoms with E-state index in [2.05, 4.69) is 29.2 Å². The van der Waals surface area contributed by atoms with E-state index >= 15 is 0 Å². The largest absolute Gasteiger partial charge is 0.383 e. The van der Waals surface area contributed by atoms with Crippen molar-refractivity contribution >= 4 is 0 Å². The van der Waals surface area contributed by atoms with Crippen LogP contribution in [0.4, 0.5) is 0 Å². The maximum atomic E-state index is 6.27. The molecule has 0 bridgehead atoms. The molecule has 1 aliphatic rings. The van der Waals surface area contributed by atoms with Gasteiger partial charge in [-0.15, -0.1) is 0 Å². The van der Waals surface area contributed by atoms with E-state index in [-0.39, 0.29) is 5.54 Å². The molecule has 4 nitrogen and oxygen atoms in total. The zero-order valence-corrected chi connectivity index (χ0v) is 13.3. The molecule has 0 fully saturated rings. The number of ether oxygens (including phenoxy) is 2. The molecular weight excluding hydrogens is 264 g/mol. The summed E-state index contributed by atoms with van der Waals surface area (Å²) in [6, 6.07) is 8.73. The number of aryl methyl sites for hydroxylation is 1. The Hall–Kier alpha value is -0.940. The van der Waals surface area contributed by atoms with Gasteiger partial charge >= 0.3 is 0 Å². The van der Waals surface area contributed by atoms with Crippen LogP contribution < -0.4 is 5.73 Å². The molecule has 0 saturated carbocycles. The first-order chi connectivity index (χ1) is 10.3. The van der Waals surface area contributed by atoms with Crippen LogP contribution in [0.5, 0.6) is 0 Å². The standard InChI is InChI=1S/C17H28N2O2/c1-20-12-10-19(11-13-21-2)17(14-18)9-5-7-15-6-3-4-8-16(15)17/h3-4,6,8H,5,7,9-14,18H2,1-2H3. The van der Waals surface area contributed by atoms with Crippen molar-refractivity contribution in [3.63, 3.8) is 0 Å². The number of fused-ring (bicyclic) bond motifs is 1. The van der Waals surface area contributed by atoms with Gasteiger partial charge < -0.3 is 15.2 Å². The molecule has 1 aliphatic carbocycles. The molecule has 1 aromatic carbocycles. The van der Waals surface area contributed by atoms with Crippen molar-refractivity contribution in [1.29, 1.82) is 0 Å². The lowest BCUT2D eigenvalue weighted by molar-refractivity contribution is 0.0244. The van der Waals surface area contributed by atoms with Crippen LogP contribution in [0.3, 0.4) is 0 Å². The van der Waals surface area contributed by atoms with Crippen molar-refractivity contribution in [1.82, 2.24) is 4.90 Å². The van der Waals surface area contributed by atoms with E-state index in [1.54, 1.807) is 14.2 Å². The van der Waals surface area contributed by atoms with Crippen molar-refractivity contribution < 1.29 is 9.47 Å². The predicted octanol–water partition coefficient (Wildman–Crippen LogP) is 1.77. The molecule has 0 saturated heterocycles. The third-order valence-corrected chi connectivity index (χ3v) is 4.63. The number of nitrogens with two attached hydrogens (primary N) is 1. The van der Waals surface area contributed by atoms with Gasteiger partial charge in [-0.1, -0.05) is 24.3 Å². The molecule has 118 valence electrons. The number of methoxy groups -OCH3 is 2. The number of hydrogen-bond donors (Lipinski definition) is 1. The smallest absolute Gasteiger partial charge is 0.0590 e. The SMILES string of the molecule is COCCN(CCOC)C1(CN)CCCc2ccccc21. The lowest BCUT2D eigenvalue weighted by Crippen LogP contribution is -2.55. The summed E-state index contributed by atoms with van der Waals surface area (Å²) in [6.45, 7) is 3.83. The zero-order valence-electron chi connectivity index (χ0n) is 13.3. The molecule has 4 heteroatoms. The normalized spacial score (nSPS) is 21.5. The van der Waals surface area contributed by atoms with Gasteiger partial charge in [-0.05, 0) is 30.4 Å². The molecule has 1 unspecified atom stereocenters. The Bertz CT molecular complexity index is 431. The molecule has 0 aromatic heterocycles. The van der Waals surface area contributed by atoms with Gasteiger partial charge in [0.05, 0.1) is 18.8 Å². The van der Waals surface area contributed by atoms with E-state index < -0.39 is 0 Å².